The lowest BCUT2D eigenvalue weighted by Gasteiger charge is -2.37. The summed E-state index contributed by atoms with van der Waals surface area (Å²) in [5.74, 6) is 0.430. The lowest BCUT2D eigenvalue weighted by molar-refractivity contribution is 0.376. The van der Waals surface area contributed by atoms with E-state index in [4.69, 9.17) is 11.6 Å². The van der Waals surface area contributed by atoms with Gasteiger partial charge in [-0.1, -0.05) is 30.3 Å². The van der Waals surface area contributed by atoms with Crippen LogP contribution in [0.3, 0.4) is 0 Å². The molecule has 1 aliphatic rings. The summed E-state index contributed by atoms with van der Waals surface area (Å²) in [4.78, 5) is -0.0907. The number of piperidine rings is 1. The highest BCUT2D eigenvalue weighted by molar-refractivity contribution is 6.24. The van der Waals surface area contributed by atoms with Crippen LogP contribution in [0.5, 0.6) is 0 Å². The molecule has 1 fully saturated rings. The van der Waals surface area contributed by atoms with Crippen molar-refractivity contribution >= 4 is 11.6 Å². The molecular formula is C12H16ClN. The van der Waals surface area contributed by atoms with Crippen LogP contribution in [0.25, 0.3) is 0 Å². The topological polar surface area (TPSA) is 12.0 Å². The number of alkyl halides is 1. The minimum atomic E-state index is -0.0907. The monoisotopic (exact) mass is 209 g/mol. The zero-order valence-electron chi connectivity index (χ0n) is 8.46. The van der Waals surface area contributed by atoms with Crippen molar-refractivity contribution in [2.24, 2.45) is 0 Å². The molecular weight excluding hydrogens is 194 g/mol. The van der Waals surface area contributed by atoms with Gasteiger partial charge in [-0.2, -0.15) is 0 Å². The Morgan fingerprint density at radius 3 is 2.71 bits per heavy atom. The van der Waals surface area contributed by atoms with Gasteiger partial charge in [0.1, 0.15) is 0 Å². The molecule has 2 heteroatoms. The predicted octanol–water partition coefficient (Wildman–Crippen LogP) is 2.76. The SMILES string of the molecule is CC1(Cl)CCNCC1c1ccccc1. The summed E-state index contributed by atoms with van der Waals surface area (Å²) in [5.41, 5.74) is 1.34. The van der Waals surface area contributed by atoms with E-state index in [0.717, 1.165) is 19.5 Å². The first-order valence-corrected chi connectivity index (χ1v) is 5.52. The molecule has 1 aromatic rings. The third-order valence-electron chi connectivity index (χ3n) is 3.07. The lowest BCUT2D eigenvalue weighted by Crippen LogP contribution is -2.43. The Hall–Kier alpha value is -0.530. The molecule has 0 amide bonds. The van der Waals surface area contributed by atoms with Crippen LogP contribution in [-0.2, 0) is 0 Å². The van der Waals surface area contributed by atoms with Gasteiger partial charge in [0.25, 0.3) is 0 Å². The van der Waals surface area contributed by atoms with Crippen molar-refractivity contribution < 1.29 is 0 Å². The zero-order chi connectivity index (χ0) is 10.0. The highest BCUT2D eigenvalue weighted by atomic mass is 35.5. The van der Waals surface area contributed by atoms with Crippen molar-refractivity contribution in [1.29, 1.82) is 0 Å². The zero-order valence-corrected chi connectivity index (χ0v) is 9.22. The van der Waals surface area contributed by atoms with Crippen LogP contribution in [0, 0.1) is 0 Å². The molecule has 0 aliphatic carbocycles. The molecule has 0 aromatic heterocycles. The van der Waals surface area contributed by atoms with Gasteiger partial charge in [-0.05, 0) is 25.5 Å². The Kier molecular flexibility index (Phi) is 2.80. The average Bonchev–Trinajstić information content (AvgIpc) is 2.18. The summed E-state index contributed by atoms with van der Waals surface area (Å²) >= 11 is 6.53. The van der Waals surface area contributed by atoms with Crippen molar-refractivity contribution in [3.05, 3.63) is 35.9 Å². The summed E-state index contributed by atoms with van der Waals surface area (Å²) in [6, 6.07) is 10.5. The van der Waals surface area contributed by atoms with Crippen LogP contribution in [0.2, 0.25) is 0 Å². The van der Waals surface area contributed by atoms with Crippen molar-refractivity contribution in [2.75, 3.05) is 13.1 Å². The molecule has 2 atom stereocenters. The molecule has 0 spiro atoms. The molecule has 0 radical (unpaired) electrons. The Morgan fingerprint density at radius 1 is 1.36 bits per heavy atom. The van der Waals surface area contributed by atoms with Gasteiger partial charge < -0.3 is 5.32 Å². The molecule has 1 heterocycles. The molecule has 0 saturated carbocycles. The average molecular weight is 210 g/mol. The van der Waals surface area contributed by atoms with Crippen molar-refractivity contribution in [1.82, 2.24) is 5.32 Å². The molecule has 1 aliphatic heterocycles. The first-order valence-electron chi connectivity index (χ1n) is 5.15. The van der Waals surface area contributed by atoms with E-state index in [1.807, 2.05) is 6.07 Å². The first-order chi connectivity index (χ1) is 6.70. The number of rotatable bonds is 1. The van der Waals surface area contributed by atoms with Crippen molar-refractivity contribution in [3.8, 4) is 0 Å². The predicted molar refractivity (Wildman–Crippen MR) is 60.9 cm³/mol. The summed E-state index contributed by atoms with van der Waals surface area (Å²) in [6.45, 7) is 4.17. The second-order valence-corrected chi connectivity index (χ2v) is 5.06. The molecule has 2 unspecified atom stereocenters. The summed E-state index contributed by atoms with van der Waals surface area (Å²) in [7, 11) is 0. The van der Waals surface area contributed by atoms with E-state index in [-0.39, 0.29) is 4.87 Å². The number of benzene rings is 1. The fourth-order valence-electron chi connectivity index (χ4n) is 2.12. The number of nitrogens with one attached hydrogen (secondary N) is 1. The van der Waals surface area contributed by atoms with E-state index in [1.165, 1.54) is 5.56 Å². The van der Waals surface area contributed by atoms with Gasteiger partial charge in [-0.25, -0.2) is 0 Å². The van der Waals surface area contributed by atoms with E-state index in [1.54, 1.807) is 0 Å². The summed E-state index contributed by atoms with van der Waals surface area (Å²) < 4.78 is 0. The van der Waals surface area contributed by atoms with Crippen LogP contribution in [0.15, 0.2) is 30.3 Å². The van der Waals surface area contributed by atoms with Crippen LogP contribution in [0.4, 0.5) is 0 Å². The molecule has 1 saturated heterocycles. The van der Waals surface area contributed by atoms with Gasteiger partial charge >= 0.3 is 0 Å². The van der Waals surface area contributed by atoms with E-state index in [9.17, 15) is 0 Å². The second kappa shape index (κ2) is 3.92. The van der Waals surface area contributed by atoms with E-state index in [0.29, 0.717) is 5.92 Å². The lowest BCUT2D eigenvalue weighted by atomic mass is 9.82. The molecule has 76 valence electrons. The van der Waals surface area contributed by atoms with Gasteiger partial charge in [0.15, 0.2) is 0 Å². The number of hydrogen-bond donors (Lipinski definition) is 1. The molecule has 1 aromatic carbocycles. The highest BCUT2D eigenvalue weighted by Gasteiger charge is 2.35. The van der Waals surface area contributed by atoms with E-state index in [2.05, 4.69) is 36.5 Å². The smallest absolute Gasteiger partial charge is 0.0511 e. The van der Waals surface area contributed by atoms with Crippen LogP contribution < -0.4 is 5.32 Å². The minimum Gasteiger partial charge on any atom is -0.316 e. The molecule has 1 nitrogen and oxygen atoms in total. The molecule has 2 rings (SSSR count). The summed E-state index contributed by atoms with van der Waals surface area (Å²) in [6.07, 6.45) is 1.04. The molecule has 0 bridgehead atoms. The van der Waals surface area contributed by atoms with Crippen LogP contribution in [0.1, 0.15) is 24.8 Å². The van der Waals surface area contributed by atoms with Gasteiger partial charge in [0.05, 0.1) is 4.87 Å². The molecule has 14 heavy (non-hydrogen) atoms. The van der Waals surface area contributed by atoms with Crippen molar-refractivity contribution in [3.63, 3.8) is 0 Å². The maximum absolute atomic E-state index is 6.53. The van der Waals surface area contributed by atoms with Gasteiger partial charge in [0, 0.05) is 12.5 Å². The second-order valence-electron chi connectivity index (χ2n) is 4.20. The third kappa shape index (κ3) is 1.94. The Balaban J connectivity index is 2.24. The standard InChI is InChI=1S/C12H16ClN/c1-12(13)7-8-14-9-11(12)10-5-3-2-4-6-10/h2-6,11,14H,7-9H2,1H3. The van der Waals surface area contributed by atoms with Gasteiger partial charge in [0.2, 0.25) is 0 Å². The van der Waals surface area contributed by atoms with Crippen LogP contribution in [-0.4, -0.2) is 18.0 Å². The Bertz CT molecular complexity index is 294. The maximum atomic E-state index is 6.53. The highest BCUT2D eigenvalue weighted by Crippen LogP contribution is 2.37. The summed E-state index contributed by atoms with van der Waals surface area (Å²) in [5, 5.41) is 3.40. The fraction of sp³-hybridized carbons (Fsp3) is 0.500. The quantitative estimate of drug-likeness (QED) is 0.702. The van der Waals surface area contributed by atoms with Crippen molar-refractivity contribution in [2.45, 2.75) is 24.1 Å². The Morgan fingerprint density at radius 2 is 2.07 bits per heavy atom. The number of hydrogen-bond acceptors (Lipinski definition) is 1. The normalized spacial score (nSPS) is 32.9. The number of halogens is 1. The van der Waals surface area contributed by atoms with Gasteiger partial charge in [-0.15, -0.1) is 11.6 Å². The largest absolute Gasteiger partial charge is 0.316 e. The maximum Gasteiger partial charge on any atom is 0.0511 e. The fourth-order valence-corrected chi connectivity index (χ4v) is 2.41. The van der Waals surface area contributed by atoms with E-state index >= 15 is 0 Å². The Labute approximate surface area is 90.5 Å². The third-order valence-corrected chi connectivity index (χ3v) is 3.52. The van der Waals surface area contributed by atoms with E-state index < -0.39 is 0 Å². The van der Waals surface area contributed by atoms with Gasteiger partial charge in [-0.3, -0.25) is 0 Å². The van der Waals surface area contributed by atoms with Crippen LogP contribution >= 0.6 is 11.6 Å². The first kappa shape index (κ1) is 10.0. The molecule has 1 N–H and O–H groups in total. The minimum absolute atomic E-state index is 0.0907.